The lowest BCUT2D eigenvalue weighted by atomic mass is 10.4. The summed E-state index contributed by atoms with van der Waals surface area (Å²) in [6.45, 7) is -0.504. The largest absolute Gasteiger partial charge is 0.548 e. The van der Waals surface area contributed by atoms with Crippen LogP contribution in [0.5, 0.6) is 0 Å². The summed E-state index contributed by atoms with van der Waals surface area (Å²) in [5, 5.41) is 12.4. The molecule has 2 heterocycles. The average molecular weight is 363 g/mol. The van der Waals surface area contributed by atoms with E-state index in [4.69, 9.17) is 12.2 Å². The minimum Gasteiger partial charge on any atom is -0.548 e. The van der Waals surface area contributed by atoms with Gasteiger partial charge in [0.1, 0.15) is 4.32 Å². The first-order valence-electron chi connectivity index (χ1n) is 4.66. The molecule has 94 valence electrons. The van der Waals surface area contributed by atoms with Crippen LogP contribution in [0.2, 0.25) is 0 Å². The lowest BCUT2D eigenvalue weighted by molar-refractivity contribution is -0.305. The molecule has 0 saturated carbocycles. The van der Waals surface area contributed by atoms with Crippen molar-refractivity contribution in [3.63, 3.8) is 0 Å². The zero-order chi connectivity index (χ0) is 13.3. The number of thioether (sulfide) groups is 1. The number of thiophene rings is 1. The van der Waals surface area contributed by atoms with Gasteiger partial charge in [0.25, 0.3) is 5.91 Å². The van der Waals surface area contributed by atoms with Crippen molar-refractivity contribution >= 4 is 73.5 Å². The molecule has 18 heavy (non-hydrogen) atoms. The lowest BCUT2D eigenvalue weighted by Crippen LogP contribution is -2.40. The summed E-state index contributed by atoms with van der Waals surface area (Å²) in [7, 11) is 0. The minimum atomic E-state index is -1.33. The first-order valence-corrected chi connectivity index (χ1v) is 7.56. The van der Waals surface area contributed by atoms with Gasteiger partial charge in [-0.15, -0.1) is 11.3 Å². The van der Waals surface area contributed by atoms with E-state index < -0.39 is 18.4 Å². The van der Waals surface area contributed by atoms with E-state index in [9.17, 15) is 14.7 Å². The van der Waals surface area contributed by atoms with Gasteiger partial charge in [-0.05, 0) is 28.1 Å². The van der Waals surface area contributed by atoms with E-state index in [2.05, 4.69) is 15.9 Å². The second kappa shape index (κ2) is 5.52. The van der Waals surface area contributed by atoms with Crippen LogP contribution < -0.4 is 5.11 Å². The molecule has 1 aliphatic rings. The van der Waals surface area contributed by atoms with E-state index in [0.29, 0.717) is 4.91 Å². The fourth-order valence-electron chi connectivity index (χ4n) is 1.30. The molecule has 0 radical (unpaired) electrons. The second-order valence-electron chi connectivity index (χ2n) is 3.31. The number of carbonyl (C=O) groups excluding carboxylic acids is 2. The van der Waals surface area contributed by atoms with Crippen LogP contribution in [-0.2, 0) is 9.59 Å². The van der Waals surface area contributed by atoms with E-state index in [-0.39, 0.29) is 4.32 Å². The SMILES string of the molecule is O=C([O-])CN1C(=O)/C(=C\c2cc(Br)cs2)SC1=S. The standard InChI is InChI=1S/C10H6BrNO3S3/c11-5-1-6(17-4-5)2-7-9(15)12(3-8(13)14)10(16)18-7/h1-2,4H,3H2,(H,13,14)/p-1/b7-2+. The summed E-state index contributed by atoms with van der Waals surface area (Å²) in [5.41, 5.74) is 0. The highest BCUT2D eigenvalue weighted by molar-refractivity contribution is 9.10. The highest BCUT2D eigenvalue weighted by atomic mass is 79.9. The van der Waals surface area contributed by atoms with E-state index >= 15 is 0 Å². The topological polar surface area (TPSA) is 60.4 Å². The Morgan fingerprint density at radius 3 is 2.89 bits per heavy atom. The number of carboxylic acids is 1. The number of nitrogens with zero attached hydrogens (tertiary/aromatic N) is 1. The molecule has 0 spiro atoms. The van der Waals surface area contributed by atoms with Crippen LogP contribution in [0.4, 0.5) is 0 Å². The lowest BCUT2D eigenvalue weighted by Gasteiger charge is -2.14. The van der Waals surface area contributed by atoms with E-state index in [0.717, 1.165) is 26.0 Å². The van der Waals surface area contributed by atoms with E-state index in [1.807, 2.05) is 11.4 Å². The van der Waals surface area contributed by atoms with Gasteiger partial charge in [0.05, 0.1) is 17.4 Å². The minimum absolute atomic E-state index is 0.242. The number of halogens is 1. The predicted octanol–water partition coefficient (Wildman–Crippen LogP) is 1.46. The van der Waals surface area contributed by atoms with Gasteiger partial charge in [0, 0.05) is 14.7 Å². The highest BCUT2D eigenvalue weighted by Gasteiger charge is 2.31. The van der Waals surface area contributed by atoms with Gasteiger partial charge < -0.3 is 9.90 Å². The van der Waals surface area contributed by atoms with Crippen LogP contribution in [0.15, 0.2) is 20.8 Å². The Kier molecular flexibility index (Phi) is 4.21. The van der Waals surface area contributed by atoms with Crippen LogP contribution >= 0.6 is 51.2 Å². The molecule has 0 aromatic carbocycles. The number of carbonyl (C=O) groups is 2. The van der Waals surface area contributed by atoms with Crippen molar-refractivity contribution < 1.29 is 14.7 Å². The third-order valence-corrected chi connectivity index (χ3v) is 5.04. The molecule has 0 atom stereocenters. The molecule has 2 rings (SSSR count). The fourth-order valence-corrected chi connectivity index (χ4v) is 4.00. The molecule has 4 nitrogen and oxygen atoms in total. The normalized spacial score (nSPS) is 17.8. The van der Waals surface area contributed by atoms with Gasteiger partial charge in [-0.1, -0.05) is 24.0 Å². The monoisotopic (exact) mass is 362 g/mol. The van der Waals surface area contributed by atoms with Crippen molar-refractivity contribution in [2.45, 2.75) is 0 Å². The average Bonchev–Trinajstić information content (AvgIpc) is 2.78. The maximum absolute atomic E-state index is 11.9. The molecule has 1 aromatic heterocycles. The van der Waals surface area contributed by atoms with Crippen LogP contribution in [-0.4, -0.2) is 27.6 Å². The first-order chi connectivity index (χ1) is 8.47. The van der Waals surface area contributed by atoms with Crippen LogP contribution in [0.25, 0.3) is 6.08 Å². The Hall–Kier alpha value is -0.700. The first kappa shape index (κ1) is 13.7. The van der Waals surface area contributed by atoms with E-state index in [1.54, 1.807) is 6.08 Å². The summed E-state index contributed by atoms with van der Waals surface area (Å²) in [4.78, 5) is 24.8. The van der Waals surface area contributed by atoms with Crippen molar-refractivity contribution in [1.29, 1.82) is 0 Å². The molecule has 0 N–H and O–H groups in total. The van der Waals surface area contributed by atoms with Crippen molar-refractivity contribution in [3.8, 4) is 0 Å². The molecule has 1 saturated heterocycles. The molecule has 1 amide bonds. The Morgan fingerprint density at radius 1 is 1.61 bits per heavy atom. The van der Waals surface area contributed by atoms with Gasteiger partial charge >= 0.3 is 0 Å². The summed E-state index contributed by atoms with van der Waals surface area (Å²) < 4.78 is 1.18. The molecule has 0 bridgehead atoms. The third kappa shape index (κ3) is 3.00. The summed E-state index contributed by atoms with van der Waals surface area (Å²) >= 11 is 10.9. The molecule has 1 aliphatic heterocycles. The van der Waals surface area contributed by atoms with Crippen molar-refractivity contribution in [3.05, 3.63) is 25.7 Å². The molecule has 0 aliphatic carbocycles. The van der Waals surface area contributed by atoms with Crippen molar-refractivity contribution in [2.75, 3.05) is 6.54 Å². The second-order valence-corrected chi connectivity index (χ2v) is 6.84. The zero-order valence-corrected chi connectivity index (χ0v) is 12.7. The van der Waals surface area contributed by atoms with Crippen molar-refractivity contribution in [2.24, 2.45) is 0 Å². The molecule has 1 fully saturated rings. The number of hydrogen-bond acceptors (Lipinski definition) is 6. The van der Waals surface area contributed by atoms with Gasteiger partial charge in [-0.25, -0.2) is 0 Å². The number of hydrogen-bond donors (Lipinski definition) is 0. The third-order valence-electron chi connectivity index (χ3n) is 2.02. The molecular weight excluding hydrogens is 358 g/mol. The quantitative estimate of drug-likeness (QED) is 0.601. The summed E-state index contributed by atoms with van der Waals surface area (Å²) in [6, 6.07) is 1.87. The Bertz CT molecular complexity index is 566. The van der Waals surface area contributed by atoms with Crippen LogP contribution in [0.1, 0.15) is 4.88 Å². The maximum atomic E-state index is 11.9. The van der Waals surface area contributed by atoms with Gasteiger partial charge in [-0.3, -0.25) is 9.69 Å². The van der Waals surface area contributed by atoms with Gasteiger partial charge in [-0.2, -0.15) is 0 Å². The van der Waals surface area contributed by atoms with Gasteiger partial charge in [0.15, 0.2) is 0 Å². The number of rotatable bonds is 3. The Balaban J connectivity index is 2.22. The number of thiocarbonyl (C=S) groups is 1. The van der Waals surface area contributed by atoms with Gasteiger partial charge in [0.2, 0.25) is 0 Å². The number of amides is 1. The zero-order valence-electron chi connectivity index (χ0n) is 8.71. The molecule has 0 unspecified atom stereocenters. The van der Waals surface area contributed by atoms with Crippen LogP contribution in [0, 0.1) is 0 Å². The molecular formula is C10H5BrNO3S3-. The smallest absolute Gasteiger partial charge is 0.266 e. The maximum Gasteiger partial charge on any atom is 0.266 e. The highest BCUT2D eigenvalue weighted by Crippen LogP contribution is 2.33. The summed E-state index contributed by atoms with van der Waals surface area (Å²) in [5.74, 6) is -1.72. The fraction of sp³-hybridized carbons (Fsp3) is 0.100. The Morgan fingerprint density at radius 2 is 2.33 bits per heavy atom. The molecule has 1 aromatic rings. The van der Waals surface area contributed by atoms with Crippen molar-refractivity contribution in [1.82, 2.24) is 4.90 Å². The summed E-state index contributed by atoms with van der Waals surface area (Å²) in [6.07, 6.45) is 1.70. The number of carboxylic acid groups (broad SMARTS) is 1. The number of aliphatic carboxylic acids is 1. The molecule has 8 heteroatoms. The van der Waals surface area contributed by atoms with Crippen LogP contribution in [0.3, 0.4) is 0 Å². The van der Waals surface area contributed by atoms with E-state index in [1.165, 1.54) is 11.3 Å². The Labute approximate surface area is 125 Å². The predicted molar refractivity (Wildman–Crippen MR) is 76.9 cm³/mol.